The summed E-state index contributed by atoms with van der Waals surface area (Å²) in [5.41, 5.74) is 2.04. The average Bonchev–Trinajstić information content (AvgIpc) is 3.17. The first kappa shape index (κ1) is 17.5. The standard InChI is InChI=1S/C21H15NO3S/c1-2-13-24-17-7-3-15(4-8-17)16-5-9-18(10-6-16)25-21(23)20-12-11-19(14-22)26-20/h2-12H,1,13H2. The lowest BCUT2D eigenvalue weighted by molar-refractivity contribution is 0.0740. The molecule has 4 nitrogen and oxygen atoms in total. The largest absolute Gasteiger partial charge is 0.490 e. The number of carbonyl (C=O) groups excluding carboxylic acids is 1. The van der Waals surface area contributed by atoms with E-state index in [2.05, 4.69) is 6.58 Å². The third-order valence-corrected chi connectivity index (χ3v) is 4.51. The SMILES string of the molecule is C=CCOc1ccc(-c2ccc(OC(=O)c3ccc(C#N)s3)cc2)cc1. The van der Waals surface area contributed by atoms with Gasteiger partial charge in [0, 0.05) is 0 Å². The van der Waals surface area contributed by atoms with Gasteiger partial charge in [0.1, 0.15) is 33.9 Å². The van der Waals surface area contributed by atoms with E-state index in [1.165, 1.54) is 0 Å². The third kappa shape index (κ3) is 4.18. The molecule has 0 fully saturated rings. The molecule has 0 N–H and O–H groups in total. The van der Waals surface area contributed by atoms with Gasteiger partial charge in [0.15, 0.2) is 0 Å². The van der Waals surface area contributed by atoms with E-state index in [1.807, 2.05) is 42.5 Å². The van der Waals surface area contributed by atoms with Gasteiger partial charge in [0.25, 0.3) is 0 Å². The minimum Gasteiger partial charge on any atom is -0.490 e. The summed E-state index contributed by atoms with van der Waals surface area (Å²) in [5.74, 6) is 0.774. The van der Waals surface area contributed by atoms with E-state index in [1.54, 1.807) is 30.3 Å². The number of nitriles is 1. The summed E-state index contributed by atoms with van der Waals surface area (Å²) in [6.45, 7) is 4.09. The van der Waals surface area contributed by atoms with Gasteiger partial charge in [0.2, 0.25) is 0 Å². The van der Waals surface area contributed by atoms with Gasteiger partial charge in [-0.25, -0.2) is 4.79 Å². The van der Waals surface area contributed by atoms with Crippen molar-refractivity contribution in [2.75, 3.05) is 6.61 Å². The normalized spacial score (nSPS) is 9.96. The quantitative estimate of drug-likeness (QED) is 0.349. The van der Waals surface area contributed by atoms with E-state index >= 15 is 0 Å². The van der Waals surface area contributed by atoms with E-state index in [9.17, 15) is 4.79 Å². The highest BCUT2D eigenvalue weighted by atomic mass is 32.1. The Labute approximate surface area is 155 Å². The summed E-state index contributed by atoms with van der Waals surface area (Å²) in [6.07, 6.45) is 1.70. The molecule has 5 heteroatoms. The number of hydrogen-bond donors (Lipinski definition) is 0. The van der Waals surface area contributed by atoms with Crippen LogP contribution in [0, 0.1) is 11.3 Å². The van der Waals surface area contributed by atoms with Crippen molar-refractivity contribution >= 4 is 17.3 Å². The first-order valence-corrected chi connectivity index (χ1v) is 8.67. The molecule has 1 aromatic heterocycles. The second-order valence-corrected chi connectivity index (χ2v) is 6.40. The average molecular weight is 361 g/mol. The number of carbonyl (C=O) groups is 1. The zero-order valence-corrected chi connectivity index (χ0v) is 14.7. The van der Waals surface area contributed by atoms with Gasteiger partial charge in [-0.15, -0.1) is 11.3 Å². The molecular formula is C21H15NO3S. The maximum absolute atomic E-state index is 12.1. The van der Waals surface area contributed by atoms with Crippen LogP contribution in [0.5, 0.6) is 11.5 Å². The maximum Gasteiger partial charge on any atom is 0.353 e. The maximum atomic E-state index is 12.1. The van der Waals surface area contributed by atoms with Crippen LogP contribution in [-0.2, 0) is 0 Å². The Hall–Kier alpha value is -3.36. The highest BCUT2D eigenvalue weighted by Gasteiger charge is 2.12. The summed E-state index contributed by atoms with van der Waals surface area (Å²) in [7, 11) is 0. The minimum absolute atomic E-state index is 0.403. The van der Waals surface area contributed by atoms with Gasteiger partial charge in [0.05, 0.1) is 0 Å². The van der Waals surface area contributed by atoms with Gasteiger partial charge in [-0.05, 0) is 47.5 Å². The molecule has 2 aromatic carbocycles. The Morgan fingerprint density at radius 1 is 1.00 bits per heavy atom. The summed E-state index contributed by atoms with van der Waals surface area (Å²) < 4.78 is 10.8. The number of thiophene rings is 1. The van der Waals surface area contributed by atoms with Crippen molar-refractivity contribution in [3.8, 4) is 28.7 Å². The smallest absolute Gasteiger partial charge is 0.353 e. The Kier molecular flexibility index (Phi) is 5.47. The highest BCUT2D eigenvalue weighted by molar-refractivity contribution is 7.14. The van der Waals surface area contributed by atoms with Gasteiger partial charge in [-0.1, -0.05) is 36.9 Å². The second-order valence-electron chi connectivity index (χ2n) is 5.31. The molecule has 0 amide bonds. The molecule has 0 aliphatic heterocycles. The van der Waals surface area contributed by atoms with Crippen molar-refractivity contribution < 1.29 is 14.3 Å². The molecule has 0 aliphatic rings. The van der Waals surface area contributed by atoms with Crippen LogP contribution < -0.4 is 9.47 Å². The lowest BCUT2D eigenvalue weighted by atomic mass is 10.1. The van der Waals surface area contributed by atoms with Crippen LogP contribution in [0.4, 0.5) is 0 Å². The molecule has 0 aliphatic carbocycles. The number of benzene rings is 2. The van der Waals surface area contributed by atoms with Crippen molar-refractivity contribution in [1.29, 1.82) is 5.26 Å². The molecule has 0 atom stereocenters. The predicted molar refractivity (Wildman–Crippen MR) is 102 cm³/mol. The van der Waals surface area contributed by atoms with Crippen LogP contribution in [0.15, 0.2) is 73.3 Å². The number of rotatable bonds is 6. The fraction of sp³-hybridized carbons (Fsp3) is 0.0476. The summed E-state index contributed by atoms with van der Waals surface area (Å²) in [5, 5.41) is 8.82. The number of ether oxygens (including phenoxy) is 2. The van der Waals surface area contributed by atoms with Gasteiger partial charge in [-0.2, -0.15) is 5.26 Å². The molecule has 3 aromatic rings. The predicted octanol–water partition coefficient (Wildman–Crippen LogP) is 5.07. The van der Waals surface area contributed by atoms with E-state index in [0.717, 1.165) is 28.2 Å². The molecule has 26 heavy (non-hydrogen) atoms. The minimum atomic E-state index is -0.465. The lowest BCUT2D eigenvalue weighted by Gasteiger charge is -2.07. The molecule has 3 rings (SSSR count). The second kappa shape index (κ2) is 8.15. The Morgan fingerprint density at radius 2 is 1.62 bits per heavy atom. The first-order chi connectivity index (χ1) is 12.7. The van der Waals surface area contributed by atoms with E-state index in [-0.39, 0.29) is 0 Å². The van der Waals surface area contributed by atoms with Crippen molar-refractivity contribution in [3.05, 3.63) is 83.1 Å². The van der Waals surface area contributed by atoms with Gasteiger partial charge in [-0.3, -0.25) is 0 Å². The van der Waals surface area contributed by atoms with Gasteiger partial charge >= 0.3 is 5.97 Å². The fourth-order valence-corrected chi connectivity index (χ4v) is 2.96. The monoisotopic (exact) mass is 361 g/mol. The molecule has 128 valence electrons. The van der Waals surface area contributed by atoms with E-state index in [4.69, 9.17) is 14.7 Å². The summed E-state index contributed by atoms with van der Waals surface area (Å²) >= 11 is 1.11. The van der Waals surface area contributed by atoms with Gasteiger partial charge < -0.3 is 9.47 Å². The highest BCUT2D eigenvalue weighted by Crippen LogP contribution is 2.25. The third-order valence-electron chi connectivity index (χ3n) is 3.54. The molecule has 0 saturated heterocycles. The lowest BCUT2D eigenvalue weighted by Crippen LogP contribution is -2.06. The molecule has 0 radical (unpaired) electrons. The molecule has 1 heterocycles. The van der Waals surface area contributed by atoms with Crippen LogP contribution in [0.25, 0.3) is 11.1 Å². The molecule has 0 unspecified atom stereocenters. The van der Waals surface area contributed by atoms with Crippen LogP contribution in [0.2, 0.25) is 0 Å². The van der Waals surface area contributed by atoms with Crippen LogP contribution >= 0.6 is 11.3 Å². The Morgan fingerprint density at radius 3 is 2.15 bits per heavy atom. The number of nitrogens with zero attached hydrogens (tertiary/aromatic N) is 1. The topological polar surface area (TPSA) is 59.3 Å². The van der Waals surface area contributed by atoms with Crippen LogP contribution in [0.1, 0.15) is 14.5 Å². The zero-order chi connectivity index (χ0) is 18.4. The summed E-state index contributed by atoms with van der Waals surface area (Å²) in [6, 6.07) is 20.2. The fourth-order valence-electron chi connectivity index (χ4n) is 2.28. The Balaban J connectivity index is 1.67. The van der Waals surface area contributed by atoms with Crippen molar-refractivity contribution in [3.63, 3.8) is 0 Å². The molecular weight excluding hydrogens is 346 g/mol. The Bertz CT molecular complexity index is 950. The van der Waals surface area contributed by atoms with E-state index in [0.29, 0.717) is 22.1 Å². The first-order valence-electron chi connectivity index (χ1n) is 7.86. The zero-order valence-electron chi connectivity index (χ0n) is 13.8. The summed E-state index contributed by atoms with van der Waals surface area (Å²) in [4.78, 5) is 13.0. The number of esters is 1. The molecule has 0 saturated carbocycles. The van der Waals surface area contributed by atoms with Crippen molar-refractivity contribution in [2.24, 2.45) is 0 Å². The van der Waals surface area contributed by atoms with E-state index < -0.39 is 5.97 Å². The number of hydrogen-bond acceptors (Lipinski definition) is 5. The van der Waals surface area contributed by atoms with Crippen molar-refractivity contribution in [2.45, 2.75) is 0 Å². The molecule has 0 bridgehead atoms. The van der Waals surface area contributed by atoms with Crippen LogP contribution in [-0.4, -0.2) is 12.6 Å². The van der Waals surface area contributed by atoms with Crippen LogP contribution in [0.3, 0.4) is 0 Å². The van der Waals surface area contributed by atoms with Crippen molar-refractivity contribution in [1.82, 2.24) is 0 Å². The molecule has 0 spiro atoms.